The second-order valence-corrected chi connectivity index (χ2v) is 11.6. The zero-order valence-electron chi connectivity index (χ0n) is 4.05. The molecular formula is C3H8I3N-2. The number of halogens is 3. The molecule has 0 aromatic heterocycles. The summed E-state index contributed by atoms with van der Waals surface area (Å²) in [6.45, 7) is 0. The topological polar surface area (TPSA) is 12.0 Å². The van der Waals surface area contributed by atoms with Gasteiger partial charge in [-0.2, -0.15) is 0 Å². The van der Waals surface area contributed by atoms with Crippen molar-refractivity contribution in [2.24, 2.45) is 0 Å². The minimum absolute atomic E-state index is 0.555. The predicted octanol–water partition coefficient (Wildman–Crippen LogP) is -5.35. The van der Waals surface area contributed by atoms with E-state index in [-0.39, 0.29) is 0 Å². The molecule has 0 amide bonds. The molecule has 0 heterocycles. The normalized spacial score (nSPS) is 10.6. The molecule has 1 N–H and O–H groups in total. The van der Waals surface area contributed by atoms with E-state index in [1.165, 1.54) is 4.55 Å². The fourth-order valence-electron chi connectivity index (χ4n) is 0.157. The van der Waals surface area contributed by atoms with Crippen molar-refractivity contribution in [1.29, 1.82) is 0 Å². The first kappa shape index (κ1) is 9.15. The van der Waals surface area contributed by atoms with Crippen LogP contribution in [-0.2, 0) is 0 Å². The molecule has 4 heteroatoms. The molecule has 0 aromatic carbocycles. The molecule has 0 aliphatic carbocycles. The van der Waals surface area contributed by atoms with Gasteiger partial charge in [0.2, 0.25) is 0 Å². The molecule has 0 rings (SSSR count). The Labute approximate surface area is 75.1 Å². The zero-order chi connectivity index (χ0) is 5.54. The van der Waals surface area contributed by atoms with Crippen LogP contribution in [0.3, 0.4) is 0 Å². The van der Waals surface area contributed by atoms with Crippen LogP contribution >= 0.6 is 18.6 Å². The van der Waals surface area contributed by atoms with E-state index in [0.717, 1.165) is 0 Å². The molecule has 0 aliphatic heterocycles. The van der Waals surface area contributed by atoms with Crippen LogP contribution in [-0.4, -0.2) is 14.0 Å². The van der Waals surface area contributed by atoms with E-state index >= 15 is 0 Å². The minimum atomic E-state index is 0.555. The molecular weight excluding hydrogens is 431 g/mol. The Balaban J connectivity index is 2.45. The molecule has 0 saturated carbocycles. The summed E-state index contributed by atoms with van der Waals surface area (Å²) in [6.07, 6.45) is 0. The molecule has 48 valence electrons. The van der Waals surface area contributed by atoms with Gasteiger partial charge in [-0.15, -0.1) is 0 Å². The van der Waals surface area contributed by atoms with Crippen molar-refractivity contribution < 1.29 is 38.4 Å². The molecule has 0 aromatic rings. The number of nitrogens with one attached hydrogen (secondary N) is 1. The van der Waals surface area contributed by atoms with Crippen molar-refractivity contribution in [3.05, 3.63) is 0 Å². The molecule has 0 atom stereocenters. The second kappa shape index (κ2) is 8.15. The van der Waals surface area contributed by atoms with Gasteiger partial charge in [-0.25, -0.2) is 0 Å². The monoisotopic (exact) mass is 439 g/mol. The Morgan fingerprint density at radius 3 is 2.86 bits per heavy atom. The number of rotatable bonds is 4. The van der Waals surface area contributed by atoms with Gasteiger partial charge in [0.15, 0.2) is 0 Å². The van der Waals surface area contributed by atoms with Crippen molar-refractivity contribution >= 4 is 18.6 Å². The maximum absolute atomic E-state index is 3.17. The predicted molar refractivity (Wildman–Crippen MR) is 32.8 cm³/mol. The van der Waals surface area contributed by atoms with Crippen molar-refractivity contribution in [3.63, 3.8) is 0 Å². The van der Waals surface area contributed by atoms with Crippen LogP contribution in [0.15, 0.2) is 0 Å². The van der Waals surface area contributed by atoms with Gasteiger partial charge >= 0.3 is 76.4 Å². The van der Waals surface area contributed by atoms with Crippen LogP contribution < -0.4 is 43.8 Å². The summed E-state index contributed by atoms with van der Waals surface area (Å²) in [5.74, 6) is 0. The van der Waals surface area contributed by atoms with Crippen LogP contribution in [0.25, 0.3) is 0 Å². The standard InChI is InChI=1S/C3H8I3N/c1-7-3-5-2-6-4/h7H,2-3H2,1H3/q-2. The Hall–Kier alpha value is 2.15. The SMILES string of the molecule is CNC[I-]C[I-]I. The number of hydrogen-bond donors (Lipinski definition) is 1. The summed E-state index contributed by atoms with van der Waals surface area (Å²) >= 11 is 3.67. The molecule has 1 nitrogen and oxygen atoms in total. The molecule has 0 spiro atoms. The van der Waals surface area contributed by atoms with Gasteiger partial charge in [-0.1, -0.05) is 0 Å². The van der Waals surface area contributed by atoms with Gasteiger partial charge in [-0.05, 0) is 0 Å². The summed E-state index contributed by atoms with van der Waals surface area (Å²) in [4.78, 5) is 0. The second-order valence-electron chi connectivity index (χ2n) is 0.878. The zero-order valence-corrected chi connectivity index (χ0v) is 10.5. The van der Waals surface area contributed by atoms with Gasteiger partial charge < -0.3 is 0 Å². The van der Waals surface area contributed by atoms with Gasteiger partial charge in [0.05, 0.1) is 0 Å². The molecule has 0 saturated heterocycles. The summed E-state index contributed by atoms with van der Waals surface area (Å²) in [6, 6.07) is 0. The molecule has 7 heavy (non-hydrogen) atoms. The summed E-state index contributed by atoms with van der Waals surface area (Å²) in [7, 11) is 2.03. The molecule has 0 aliphatic rings. The Morgan fingerprint density at radius 1 is 1.71 bits per heavy atom. The summed E-state index contributed by atoms with van der Waals surface area (Å²) in [5.41, 5.74) is 0. The number of hydrogen-bond acceptors (Lipinski definition) is 1. The first-order chi connectivity index (χ1) is 3.41. The van der Waals surface area contributed by atoms with Crippen LogP contribution in [0.5, 0.6) is 0 Å². The first-order valence-electron chi connectivity index (χ1n) is 1.80. The van der Waals surface area contributed by atoms with Gasteiger partial charge in [0.25, 0.3) is 0 Å². The van der Waals surface area contributed by atoms with E-state index in [0.29, 0.717) is 38.4 Å². The van der Waals surface area contributed by atoms with E-state index in [4.69, 9.17) is 0 Å². The van der Waals surface area contributed by atoms with E-state index in [2.05, 4.69) is 23.9 Å². The van der Waals surface area contributed by atoms with Gasteiger partial charge in [-0.3, -0.25) is 0 Å². The van der Waals surface area contributed by atoms with E-state index < -0.39 is 0 Å². The fourth-order valence-corrected chi connectivity index (χ4v) is 10.4. The van der Waals surface area contributed by atoms with Crippen molar-refractivity contribution in [2.75, 3.05) is 14.0 Å². The molecule has 0 radical (unpaired) electrons. The maximum atomic E-state index is 3.17. The first-order valence-corrected chi connectivity index (χ1v) is 12.7. The quantitative estimate of drug-likeness (QED) is 0.200. The summed E-state index contributed by atoms with van der Waals surface area (Å²) in [5, 5.41) is 3.17. The Morgan fingerprint density at radius 2 is 2.43 bits per heavy atom. The van der Waals surface area contributed by atoms with E-state index in [1.807, 2.05) is 7.05 Å². The molecule has 0 bridgehead atoms. The average Bonchev–Trinajstić information content (AvgIpc) is 1.69. The van der Waals surface area contributed by atoms with Crippen LogP contribution in [0.4, 0.5) is 0 Å². The third-order valence-corrected chi connectivity index (χ3v) is 16.3. The van der Waals surface area contributed by atoms with Crippen molar-refractivity contribution in [2.45, 2.75) is 0 Å². The van der Waals surface area contributed by atoms with Gasteiger partial charge in [0.1, 0.15) is 0 Å². The van der Waals surface area contributed by atoms with Crippen LogP contribution in [0, 0.1) is 0 Å². The van der Waals surface area contributed by atoms with E-state index in [1.54, 1.807) is 2.43 Å². The van der Waals surface area contributed by atoms with Crippen LogP contribution in [0.1, 0.15) is 0 Å². The third-order valence-electron chi connectivity index (χ3n) is 0.338. The fraction of sp³-hybridized carbons (Fsp3) is 1.00. The van der Waals surface area contributed by atoms with Crippen molar-refractivity contribution in [1.82, 2.24) is 5.32 Å². The average molecular weight is 439 g/mol. The molecule has 0 unspecified atom stereocenters. The van der Waals surface area contributed by atoms with Crippen molar-refractivity contribution in [3.8, 4) is 0 Å². The number of alkyl halides is 3. The Bertz CT molecular complexity index is 29.4. The van der Waals surface area contributed by atoms with Crippen LogP contribution in [0.2, 0.25) is 0 Å². The third kappa shape index (κ3) is 8.15. The van der Waals surface area contributed by atoms with Gasteiger partial charge in [0, 0.05) is 0 Å². The van der Waals surface area contributed by atoms with E-state index in [9.17, 15) is 0 Å². The molecule has 0 fully saturated rings. The Kier molecular flexibility index (Phi) is 10.7. The summed E-state index contributed by atoms with van der Waals surface area (Å²) < 4.78 is 2.88.